The summed E-state index contributed by atoms with van der Waals surface area (Å²) in [6, 6.07) is 6.98. The van der Waals surface area contributed by atoms with Crippen molar-refractivity contribution in [1.82, 2.24) is 0 Å². The van der Waals surface area contributed by atoms with E-state index in [1.165, 1.54) is 30.5 Å². The molecule has 2 amide bonds. The van der Waals surface area contributed by atoms with E-state index in [9.17, 15) is 14.0 Å². The first-order valence-corrected chi connectivity index (χ1v) is 7.55. The first-order chi connectivity index (χ1) is 11.7. The maximum Gasteiger partial charge on any atom is 0.412 e. The van der Waals surface area contributed by atoms with Crippen LogP contribution in [0.15, 0.2) is 47.1 Å². The lowest BCUT2D eigenvalue weighted by Gasteiger charge is -2.20. The molecule has 7 heteroatoms. The van der Waals surface area contributed by atoms with Gasteiger partial charge >= 0.3 is 6.09 Å². The number of ether oxygens (including phenoxy) is 1. The fraction of sp³-hybridized carbons (Fsp3) is 0.222. The van der Waals surface area contributed by atoms with Gasteiger partial charge in [0.1, 0.15) is 17.2 Å². The van der Waals surface area contributed by atoms with Crippen molar-refractivity contribution in [2.75, 3.05) is 10.6 Å². The van der Waals surface area contributed by atoms with Gasteiger partial charge in [0.05, 0.1) is 17.6 Å². The molecular formula is C18H19FN2O4. The highest BCUT2D eigenvalue weighted by atomic mass is 19.1. The minimum Gasteiger partial charge on any atom is -0.465 e. The van der Waals surface area contributed by atoms with Crippen LogP contribution in [-0.4, -0.2) is 17.6 Å². The van der Waals surface area contributed by atoms with Crippen LogP contribution in [-0.2, 0) is 9.53 Å². The molecule has 0 aliphatic rings. The first-order valence-electron chi connectivity index (χ1n) is 7.55. The molecule has 0 spiro atoms. The number of carbonyl (C=O) groups is 2. The fourth-order valence-electron chi connectivity index (χ4n) is 1.86. The molecule has 0 saturated heterocycles. The van der Waals surface area contributed by atoms with E-state index in [0.717, 1.165) is 6.07 Å². The molecule has 0 aliphatic carbocycles. The van der Waals surface area contributed by atoms with Crippen molar-refractivity contribution in [1.29, 1.82) is 0 Å². The summed E-state index contributed by atoms with van der Waals surface area (Å²) in [5.74, 6) is -0.559. The van der Waals surface area contributed by atoms with Crippen LogP contribution in [0.4, 0.5) is 20.6 Å². The SMILES string of the molecule is CC(C)(C)OC(=O)Nc1ccc(F)cc1NC(=O)/C=C/c1ccco1. The largest absolute Gasteiger partial charge is 0.465 e. The average Bonchev–Trinajstić information content (AvgIpc) is 2.99. The molecule has 132 valence electrons. The van der Waals surface area contributed by atoms with Gasteiger partial charge in [0, 0.05) is 6.08 Å². The third kappa shape index (κ3) is 6.14. The van der Waals surface area contributed by atoms with Gasteiger partial charge < -0.3 is 14.5 Å². The summed E-state index contributed by atoms with van der Waals surface area (Å²) >= 11 is 0. The normalized spacial score (nSPS) is 11.4. The summed E-state index contributed by atoms with van der Waals surface area (Å²) in [6.07, 6.45) is 3.48. The molecule has 0 unspecified atom stereocenters. The molecular weight excluding hydrogens is 327 g/mol. The van der Waals surface area contributed by atoms with Crippen LogP contribution in [0.25, 0.3) is 6.08 Å². The van der Waals surface area contributed by atoms with E-state index in [1.807, 2.05) is 0 Å². The van der Waals surface area contributed by atoms with Crippen molar-refractivity contribution in [3.05, 3.63) is 54.2 Å². The molecule has 1 heterocycles. The number of hydrogen-bond donors (Lipinski definition) is 2. The molecule has 25 heavy (non-hydrogen) atoms. The van der Waals surface area contributed by atoms with E-state index in [0.29, 0.717) is 5.76 Å². The molecule has 6 nitrogen and oxygen atoms in total. The lowest BCUT2D eigenvalue weighted by molar-refractivity contribution is -0.111. The summed E-state index contributed by atoms with van der Waals surface area (Å²) < 4.78 is 23.7. The maximum atomic E-state index is 13.5. The van der Waals surface area contributed by atoms with E-state index in [1.54, 1.807) is 32.9 Å². The second-order valence-electron chi connectivity index (χ2n) is 6.15. The van der Waals surface area contributed by atoms with Crippen molar-refractivity contribution in [3.63, 3.8) is 0 Å². The van der Waals surface area contributed by atoms with Gasteiger partial charge in [0.15, 0.2) is 0 Å². The molecule has 0 radical (unpaired) electrons. The predicted octanol–water partition coefficient (Wildman–Crippen LogP) is 4.42. The molecule has 0 fully saturated rings. The quantitative estimate of drug-likeness (QED) is 0.803. The Morgan fingerprint density at radius 3 is 2.56 bits per heavy atom. The van der Waals surface area contributed by atoms with Crippen molar-refractivity contribution >= 4 is 29.5 Å². The number of carbonyl (C=O) groups excluding carboxylic acids is 2. The number of hydrogen-bond acceptors (Lipinski definition) is 4. The third-order valence-corrected chi connectivity index (χ3v) is 2.82. The summed E-state index contributed by atoms with van der Waals surface area (Å²) in [7, 11) is 0. The van der Waals surface area contributed by atoms with Gasteiger partial charge in [-0.3, -0.25) is 10.1 Å². The Labute approximate surface area is 144 Å². The number of rotatable bonds is 4. The monoisotopic (exact) mass is 346 g/mol. The minimum atomic E-state index is -0.708. The lowest BCUT2D eigenvalue weighted by Crippen LogP contribution is -2.27. The Balaban J connectivity index is 2.10. The van der Waals surface area contributed by atoms with E-state index in [4.69, 9.17) is 9.15 Å². The van der Waals surface area contributed by atoms with Crippen LogP contribution in [0, 0.1) is 5.82 Å². The molecule has 2 N–H and O–H groups in total. The highest BCUT2D eigenvalue weighted by molar-refractivity contribution is 6.04. The molecule has 0 atom stereocenters. The summed E-state index contributed by atoms with van der Waals surface area (Å²) in [5.41, 5.74) is -0.352. The number of benzene rings is 1. The number of anilines is 2. The molecule has 1 aromatic heterocycles. The molecule has 1 aromatic carbocycles. The molecule has 0 aliphatic heterocycles. The van der Waals surface area contributed by atoms with Crippen molar-refractivity contribution in [2.24, 2.45) is 0 Å². The van der Waals surface area contributed by atoms with Gasteiger partial charge in [-0.15, -0.1) is 0 Å². The third-order valence-electron chi connectivity index (χ3n) is 2.82. The van der Waals surface area contributed by atoms with Crippen LogP contribution in [0.5, 0.6) is 0 Å². The van der Waals surface area contributed by atoms with Crippen molar-refractivity contribution in [3.8, 4) is 0 Å². The van der Waals surface area contributed by atoms with Crippen molar-refractivity contribution < 1.29 is 23.1 Å². The van der Waals surface area contributed by atoms with Crippen LogP contribution in [0.2, 0.25) is 0 Å². The van der Waals surface area contributed by atoms with E-state index in [2.05, 4.69) is 10.6 Å². The first kappa shape index (κ1) is 18.3. The van der Waals surface area contributed by atoms with Gasteiger partial charge in [0.2, 0.25) is 5.91 Å². The Bertz CT molecular complexity index is 777. The predicted molar refractivity (Wildman–Crippen MR) is 92.6 cm³/mol. The number of nitrogens with one attached hydrogen (secondary N) is 2. The molecule has 2 aromatic rings. The van der Waals surface area contributed by atoms with E-state index >= 15 is 0 Å². The topological polar surface area (TPSA) is 80.6 Å². The Hall–Kier alpha value is -3.09. The average molecular weight is 346 g/mol. The Kier molecular flexibility index (Phi) is 5.59. The summed E-state index contributed by atoms with van der Waals surface area (Å²) in [6.45, 7) is 5.16. The molecule has 0 saturated carbocycles. The number of furan rings is 1. The number of amides is 2. The zero-order valence-corrected chi connectivity index (χ0v) is 14.1. The fourth-order valence-corrected chi connectivity index (χ4v) is 1.86. The van der Waals surface area contributed by atoms with Gasteiger partial charge in [-0.25, -0.2) is 9.18 Å². The van der Waals surface area contributed by atoms with Crippen LogP contribution in [0.1, 0.15) is 26.5 Å². The number of halogens is 1. The second kappa shape index (κ2) is 7.65. The minimum absolute atomic E-state index is 0.111. The Morgan fingerprint density at radius 2 is 1.92 bits per heavy atom. The van der Waals surface area contributed by atoms with Gasteiger partial charge in [-0.05, 0) is 57.2 Å². The molecule has 2 rings (SSSR count). The van der Waals surface area contributed by atoms with Crippen LogP contribution < -0.4 is 10.6 Å². The van der Waals surface area contributed by atoms with Gasteiger partial charge in [-0.1, -0.05) is 0 Å². The summed E-state index contributed by atoms with van der Waals surface area (Å²) in [5, 5.41) is 4.99. The van der Waals surface area contributed by atoms with E-state index < -0.39 is 23.4 Å². The standard InChI is InChI=1S/C18H19FN2O4/c1-18(2,3)25-17(23)21-14-8-6-12(19)11-15(14)20-16(22)9-7-13-5-4-10-24-13/h4-11H,1-3H3,(H,20,22)(H,21,23)/b9-7+. The lowest BCUT2D eigenvalue weighted by atomic mass is 10.2. The maximum absolute atomic E-state index is 13.5. The zero-order valence-electron chi connectivity index (χ0n) is 14.1. The summed E-state index contributed by atoms with van der Waals surface area (Å²) in [4.78, 5) is 23.8. The molecule has 0 bridgehead atoms. The van der Waals surface area contributed by atoms with E-state index in [-0.39, 0.29) is 11.4 Å². The highest BCUT2D eigenvalue weighted by Crippen LogP contribution is 2.24. The highest BCUT2D eigenvalue weighted by Gasteiger charge is 2.17. The Morgan fingerprint density at radius 1 is 1.16 bits per heavy atom. The van der Waals surface area contributed by atoms with Crippen molar-refractivity contribution in [2.45, 2.75) is 26.4 Å². The van der Waals surface area contributed by atoms with Crippen LogP contribution >= 0.6 is 0 Å². The zero-order chi connectivity index (χ0) is 18.4. The van der Waals surface area contributed by atoms with Gasteiger partial charge in [0.25, 0.3) is 0 Å². The van der Waals surface area contributed by atoms with Gasteiger partial charge in [-0.2, -0.15) is 0 Å². The second-order valence-corrected chi connectivity index (χ2v) is 6.15. The van der Waals surface area contributed by atoms with Crippen LogP contribution in [0.3, 0.4) is 0 Å². The smallest absolute Gasteiger partial charge is 0.412 e.